The number of carboxylic acids is 1. The fraction of sp³-hybridized carbons (Fsp3) is 0.500. The molecule has 0 aromatic carbocycles. The Bertz CT molecular complexity index is 141. The summed E-state index contributed by atoms with van der Waals surface area (Å²) in [5.74, 6) is -1.23. The monoisotopic (exact) mass is 191 g/mol. The first kappa shape index (κ1) is 17.2. The van der Waals surface area contributed by atoms with Crippen molar-refractivity contribution in [2.75, 3.05) is 13.6 Å². The Kier molecular flexibility index (Phi) is 12.6. The van der Waals surface area contributed by atoms with Crippen molar-refractivity contribution < 1.29 is 15.4 Å². The van der Waals surface area contributed by atoms with Gasteiger partial charge in [0.15, 0.2) is 5.96 Å². The standard InChI is InChI=1S/C4H9N3O2.Ca.H2O.2H/c1-7(4(5)6)2-3(8)9;;;;/h2H2,1H3,(H3,5,6)(H,8,9);;1H2;;. The van der Waals surface area contributed by atoms with Gasteiger partial charge in [0.2, 0.25) is 0 Å². The molecule has 11 heavy (non-hydrogen) atoms. The van der Waals surface area contributed by atoms with Crippen LogP contribution in [0.3, 0.4) is 0 Å². The summed E-state index contributed by atoms with van der Waals surface area (Å²) in [6.07, 6.45) is 0. The van der Waals surface area contributed by atoms with E-state index >= 15 is 0 Å². The average molecular weight is 191 g/mol. The van der Waals surface area contributed by atoms with Crippen molar-refractivity contribution in [3.63, 3.8) is 0 Å². The van der Waals surface area contributed by atoms with Gasteiger partial charge in [0.1, 0.15) is 6.54 Å². The summed E-state index contributed by atoms with van der Waals surface area (Å²) in [5.41, 5.74) is 4.93. The third-order valence-electron chi connectivity index (χ3n) is 0.784. The zero-order chi connectivity index (χ0) is 7.44. The summed E-state index contributed by atoms with van der Waals surface area (Å²) >= 11 is 0. The first-order valence-corrected chi connectivity index (χ1v) is 2.31. The normalized spacial score (nSPS) is 7.00. The zero-order valence-electron chi connectivity index (χ0n) is 5.59. The van der Waals surface area contributed by atoms with Crippen LogP contribution in [0.2, 0.25) is 0 Å². The molecule has 0 amide bonds. The first-order chi connectivity index (χ1) is 4.04. The minimum atomic E-state index is -0.993. The van der Waals surface area contributed by atoms with Crippen molar-refractivity contribution in [2.24, 2.45) is 5.73 Å². The molecule has 0 aliphatic heterocycles. The first-order valence-electron chi connectivity index (χ1n) is 2.31. The van der Waals surface area contributed by atoms with Crippen LogP contribution in [0, 0.1) is 5.41 Å². The van der Waals surface area contributed by atoms with E-state index in [0.717, 1.165) is 4.90 Å². The molecule has 0 heterocycles. The maximum atomic E-state index is 9.92. The molecule has 0 atom stereocenters. The number of hydrogen-bond acceptors (Lipinski definition) is 2. The molecule has 0 aromatic rings. The molecular formula is C4H13CaN3O3. The summed E-state index contributed by atoms with van der Waals surface area (Å²) in [6.45, 7) is -0.227. The number of rotatable bonds is 2. The Morgan fingerprint density at radius 1 is 1.73 bits per heavy atom. The SMILES string of the molecule is CN(CC(=O)O)C(=N)N.O.[CaH2]. The van der Waals surface area contributed by atoms with E-state index < -0.39 is 5.97 Å². The van der Waals surface area contributed by atoms with Crippen LogP contribution >= 0.6 is 0 Å². The van der Waals surface area contributed by atoms with Gasteiger partial charge in [0.25, 0.3) is 0 Å². The third kappa shape index (κ3) is 9.96. The molecule has 0 rings (SSSR count). The second-order valence-corrected chi connectivity index (χ2v) is 1.64. The second kappa shape index (κ2) is 8.06. The van der Waals surface area contributed by atoms with Crippen LogP contribution in [0.1, 0.15) is 0 Å². The Labute approximate surface area is 94.2 Å². The van der Waals surface area contributed by atoms with E-state index in [2.05, 4.69) is 0 Å². The predicted molar refractivity (Wildman–Crippen MR) is 44.3 cm³/mol. The molecule has 0 bridgehead atoms. The van der Waals surface area contributed by atoms with Crippen LogP contribution in [0.25, 0.3) is 0 Å². The topological polar surface area (TPSA) is 122 Å². The number of carboxylic acid groups (broad SMARTS) is 1. The average Bonchev–Trinajstić information content (AvgIpc) is 1.63. The Morgan fingerprint density at radius 3 is 2.18 bits per heavy atom. The van der Waals surface area contributed by atoms with Crippen LogP contribution in [0.5, 0.6) is 0 Å². The van der Waals surface area contributed by atoms with Crippen molar-refractivity contribution in [1.29, 1.82) is 5.41 Å². The third-order valence-corrected chi connectivity index (χ3v) is 0.784. The Hall–Kier alpha value is -0.0403. The number of nitrogens with zero attached hydrogens (tertiary/aromatic N) is 1. The predicted octanol–water partition coefficient (Wildman–Crippen LogP) is -2.84. The number of guanidine groups is 1. The minimum absolute atomic E-state index is 0. The van der Waals surface area contributed by atoms with E-state index in [4.69, 9.17) is 16.2 Å². The molecule has 0 aromatic heterocycles. The molecule has 7 heteroatoms. The number of nitrogens with two attached hydrogens (primary N) is 1. The van der Waals surface area contributed by atoms with Crippen molar-refractivity contribution >= 4 is 49.7 Å². The molecule has 0 saturated carbocycles. The van der Waals surface area contributed by atoms with E-state index in [1.165, 1.54) is 7.05 Å². The van der Waals surface area contributed by atoms with E-state index in [9.17, 15) is 4.79 Å². The summed E-state index contributed by atoms with van der Waals surface area (Å²) in [7, 11) is 1.44. The van der Waals surface area contributed by atoms with Crippen LogP contribution in [-0.4, -0.2) is 78.7 Å². The molecule has 0 aliphatic rings. The number of nitrogens with one attached hydrogen (secondary N) is 1. The number of hydrogen-bond donors (Lipinski definition) is 3. The molecule has 6 nitrogen and oxygen atoms in total. The van der Waals surface area contributed by atoms with Crippen molar-refractivity contribution in [2.45, 2.75) is 0 Å². The van der Waals surface area contributed by atoms with Gasteiger partial charge in [-0.3, -0.25) is 10.2 Å². The van der Waals surface area contributed by atoms with Gasteiger partial charge >= 0.3 is 43.7 Å². The number of carbonyl (C=O) groups is 1. The molecule has 0 spiro atoms. The van der Waals surface area contributed by atoms with Gasteiger partial charge in [-0.05, 0) is 0 Å². The van der Waals surface area contributed by atoms with Gasteiger partial charge in [0.05, 0.1) is 0 Å². The Morgan fingerprint density at radius 2 is 2.09 bits per heavy atom. The molecular weight excluding hydrogens is 178 g/mol. The summed E-state index contributed by atoms with van der Waals surface area (Å²) in [4.78, 5) is 11.0. The van der Waals surface area contributed by atoms with Crippen molar-refractivity contribution in [3.8, 4) is 0 Å². The van der Waals surface area contributed by atoms with E-state index in [-0.39, 0.29) is 55.7 Å². The van der Waals surface area contributed by atoms with Gasteiger partial charge in [0, 0.05) is 7.05 Å². The molecule has 64 valence electrons. The van der Waals surface area contributed by atoms with Crippen LogP contribution in [0.4, 0.5) is 0 Å². The van der Waals surface area contributed by atoms with Gasteiger partial charge in [-0.25, -0.2) is 0 Å². The van der Waals surface area contributed by atoms with Gasteiger partial charge < -0.3 is 21.2 Å². The van der Waals surface area contributed by atoms with Gasteiger partial charge in [-0.1, -0.05) is 0 Å². The quantitative estimate of drug-likeness (QED) is 0.247. The molecule has 0 saturated heterocycles. The Balaban J connectivity index is -0.000000320. The van der Waals surface area contributed by atoms with E-state index in [1.807, 2.05) is 0 Å². The molecule has 0 fully saturated rings. The number of likely N-dealkylation sites (N-methyl/N-ethyl adjacent to an activating group) is 1. The summed E-state index contributed by atoms with van der Waals surface area (Å²) < 4.78 is 0. The zero-order valence-corrected chi connectivity index (χ0v) is 5.59. The fourth-order valence-corrected chi connectivity index (χ4v) is 0.288. The number of aliphatic carboxylic acids is 1. The summed E-state index contributed by atoms with van der Waals surface area (Å²) in [6, 6.07) is 0. The molecule has 0 unspecified atom stereocenters. The maximum absolute atomic E-state index is 9.92. The fourth-order valence-electron chi connectivity index (χ4n) is 0.288. The van der Waals surface area contributed by atoms with E-state index in [1.54, 1.807) is 0 Å². The van der Waals surface area contributed by atoms with Crippen LogP contribution in [0.15, 0.2) is 0 Å². The summed E-state index contributed by atoms with van der Waals surface area (Å²) in [5, 5.41) is 14.9. The molecule has 0 radical (unpaired) electrons. The molecule has 6 N–H and O–H groups in total. The molecule has 0 aliphatic carbocycles. The second-order valence-electron chi connectivity index (χ2n) is 1.64. The van der Waals surface area contributed by atoms with Crippen LogP contribution in [-0.2, 0) is 4.79 Å². The van der Waals surface area contributed by atoms with Crippen molar-refractivity contribution in [1.82, 2.24) is 4.90 Å². The van der Waals surface area contributed by atoms with Gasteiger partial charge in [-0.15, -0.1) is 0 Å². The van der Waals surface area contributed by atoms with Gasteiger partial charge in [-0.2, -0.15) is 0 Å². The van der Waals surface area contributed by atoms with E-state index in [0.29, 0.717) is 0 Å². The van der Waals surface area contributed by atoms with Crippen LogP contribution < -0.4 is 5.73 Å². The van der Waals surface area contributed by atoms with Crippen molar-refractivity contribution in [3.05, 3.63) is 0 Å².